The van der Waals surface area contributed by atoms with Crippen LogP contribution >= 0.6 is 28.3 Å². The van der Waals surface area contributed by atoms with Crippen molar-refractivity contribution in [2.45, 2.75) is 38.5 Å². The van der Waals surface area contributed by atoms with Gasteiger partial charge in [0.2, 0.25) is 5.91 Å². The molecular formula is C13H20BrClN2O2. The van der Waals surface area contributed by atoms with Gasteiger partial charge in [0.1, 0.15) is 0 Å². The Labute approximate surface area is 128 Å². The Morgan fingerprint density at radius 1 is 1.37 bits per heavy atom. The average molecular weight is 352 g/mol. The third-order valence-electron chi connectivity index (χ3n) is 2.75. The minimum absolute atomic E-state index is 0. The lowest BCUT2D eigenvalue weighted by Crippen LogP contribution is -2.35. The van der Waals surface area contributed by atoms with Gasteiger partial charge >= 0.3 is 0 Å². The van der Waals surface area contributed by atoms with Crippen LogP contribution in [0, 0.1) is 0 Å². The monoisotopic (exact) mass is 350 g/mol. The highest BCUT2D eigenvalue weighted by atomic mass is 79.9. The van der Waals surface area contributed by atoms with E-state index < -0.39 is 0 Å². The van der Waals surface area contributed by atoms with Crippen molar-refractivity contribution < 1.29 is 9.53 Å². The fourth-order valence-electron chi connectivity index (χ4n) is 1.48. The molecule has 4 N–H and O–H groups in total. The van der Waals surface area contributed by atoms with Crippen LogP contribution in [0.15, 0.2) is 28.7 Å². The van der Waals surface area contributed by atoms with Crippen LogP contribution in [-0.4, -0.2) is 18.1 Å². The largest absolute Gasteiger partial charge is 0.372 e. The van der Waals surface area contributed by atoms with Crippen molar-refractivity contribution in [1.82, 2.24) is 0 Å². The Bertz CT molecular complexity index is 387. The van der Waals surface area contributed by atoms with Crippen molar-refractivity contribution in [3.05, 3.63) is 34.3 Å². The first-order valence-corrected chi connectivity index (χ1v) is 6.68. The molecule has 1 rings (SSSR count). The molecule has 0 aromatic heterocycles. The minimum atomic E-state index is -0.328. The van der Waals surface area contributed by atoms with E-state index in [2.05, 4.69) is 15.9 Å². The molecule has 0 unspecified atom stereocenters. The molecule has 0 spiro atoms. The molecule has 0 bridgehead atoms. The Kier molecular flexibility index (Phi) is 9.01. The predicted molar refractivity (Wildman–Crippen MR) is 82.0 cm³/mol. The number of benzene rings is 1. The standard InChI is InChI=1S/C13H19BrN2O2.ClH/c1-9(12(15)6-7-13(16)17)18-8-10-2-4-11(14)5-3-10;/h2-5,9,12H,6-8,15H2,1H3,(H2,16,17);1H/t9-,12+;/m1./s1. The van der Waals surface area contributed by atoms with Gasteiger partial charge in [-0.25, -0.2) is 0 Å². The van der Waals surface area contributed by atoms with Crippen molar-refractivity contribution in [2.24, 2.45) is 11.5 Å². The number of nitrogens with two attached hydrogens (primary N) is 2. The summed E-state index contributed by atoms with van der Waals surface area (Å²) < 4.78 is 6.71. The molecule has 0 saturated heterocycles. The van der Waals surface area contributed by atoms with Crippen LogP contribution in [0.2, 0.25) is 0 Å². The summed E-state index contributed by atoms with van der Waals surface area (Å²) >= 11 is 3.38. The summed E-state index contributed by atoms with van der Waals surface area (Å²) in [5.74, 6) is -0.328. The molecule has 1 amide bonds. The molecular weight excluding hydrogens is 332 g/mol. The van der Waals surface area contributed by atoms with E-state index in [0.29, 0.717) is 19.4 Å². The lowest BCUT2D eigenvalue weighted by atomic mass is 10.1. The summed E-state index contributed by atoms with van der Waals surface area (Å²) in [6.07, 6.45) is 0.747. The lowest BCUT2D eigenvalue weighted by Gasteiger charge is -2.20. The highest BCUT2D eigenvalue weighted by Gasteiger charge is 2.14. The van der Waals surface area contributed by atoms with Gasteiger partial charge in [-0.1, -0.05) is 28.1 Å². The molecule has 0 aliphatic rings. The summed E-state index contributed by atoms with van der Waals surface area (Å²) in [6, 6.07) is 7.75. The van der Waals surface area contributed by atoms with Crippen LogP contribution in [-0.2, 0) is 16.1 Å². The molecule has 0 radical (unpaired) electrons. The topological polar surface area (TPSA) is 78.3 Å². The van der Waals surface area contributed by atoms with E-state index in [1.54, 1.807) is 0 Å². The second-order valence-corrected chi connectivity index (χ2v) is 5.23. The van der Waals surface area contributed by atoms with Gasteiger partial charge in [0.25, 0.3) is 0 Å². The van der Waals surface area contributed by atoms with Crippen molar-refractivity contribution in [2.75, 3.05) is 0 Å². The van der Waals surface area contributed by atoms with Gasteiger partial charge in [-0.15, -0.1) is 12.4 Å². The number of halogens is 2. The molecule has 0 fully saturated rings. The molecule has 0 aliphatic heterocycles. The second-order valence-electron chi connectivity index (χ2n) is 4.31. The summed E-state index contributed by atoms with van der Waals surface area (Å²) in [4.78, 5) is 10.7. The van der Waals surface area contributed by atoms with Gasteiger partial charge in [0.15, 0.2) is 0 Å². The first-order valence-electron chi connectivity index (χ1n) is 5.89. The third kappa shape index (κ3) is 7.52. The van der Waals surface area contributed by atoms with Crippen molar-refractivity contribution in [1.29, 1.82) is 0 Å². The van der Waals surface area contributed by atoms with Gasteiger partial charge in [-0.2, -0.15) is 0 Å². The second kappa shape index (κ2) is 9.31. The Morgan fingerprint density at radius 2 is 1.95 bits per heavy atom. The molecule has 0 saturated carbocycles. The summed E-state index contributed by atoms with van der Waals surface area (Å²) in [6.45, 7) is 2.42. The fourth-order valence-corrected chi connectivity index (χ4v) is 1.74. The van der Waals surface area contributed by atoms with Crippen LogP contribution < -0.4 is 11.5 Å². The SMILES string of the molecule is C[C@@H](OCc1ccc(Br)cc1)[C@@H](N)CCC(N)=O.Cl. The number of carbonyl (C=O) groups excluding carboxylic acids is 1. The number of hydrogen-bond acceptors (Lipinski definition) is 3. The number of amides is 1. The van der Waals surface area contributed by atoms with Gasteiger partial charge in [0, 0.05) is 16.9 Å². The number of hydrogen-bond donors (Lipinski definition) is 2. The van der Waals surface area contributed by atoms with Crippen LogP contribution in [0.1, 0.15) is 25.3 Å². The predicted octanol–water partition coefficient (Wildman–Crippen LogP) is 2.37. The molecule has 4 nitrogen and oxygen atoms in total. The van der Waals surface area contributed by atoms with E-state index in [-0.39, 0.29) is 30.5 Å². The fraction of sp³-hybridized carbons (Fsp3) is 0.462. The van der Waals surface area contributed by atoms with E-state index in [0.717, 1.165) is 10.0 Å². The average Bonchev–Trinajstić information content (AvgIpc) is 2.34. The zero-order chi connectivity index (χ0) is 13.5. The van der Waals surface area contributed by atoms with Gasteiger partial charge in [0.05, 0.1) is 12.7 Å². The highest BCUT2D eigenvalue weighted by molar-refractivity contribution is 9.10. The quantitative estimate of drug-likeness (QED) is 0.791. The maximum Gasteiger partial charge on any atom is 0.217 e. The van der Waals surface area contributed by atoms with Gasteiger partial charge in [-0.05, 0) is 31.0 Å². The Morgan fingerprint density at radius 3 is 2.47 bits per heavy atom. The highest BCUT2D eigenvalue weighted by Crippen LogP contribution is 2.13. The van der Waals surface area contributed by atoms with Crippen LogP contribution in [0.3, 0.4) is 0 Å². The molecule has 1 aromatic carbocycles. The number of ether oxygens (including phenoxy) is 1. The number of primary amides is 1. The molecule has 0 aliphatic carbocycles. The Hall–Kier alpha value is -0.620. The molecule has 2 atom stereocenters. The maximum atomic E-state index is 10.7. The van der Waals surface area contributed by atoms with Crippen LogP contribution in [0.25, 0.3) is 0 Å². The molecule has 6 heteroatoms. The van der Waals surface area contributed by atoms with Crippen molar-refractivity contribution in [3.8, 4) is 0 Å². The zero-order valence-electron chi connectivity index (χ0n) is 10.8. The summed E-state index contributed by atoms with van der Waals surface area (Å²) in [5.41, 5.74) is 12.1. The van der Waals surface area contributed by atoms with E-state index in [1.165, 1.54) is 0 Å². The molecule has 0 heterocycles. The maximum absolute atomic E-state index is 10.7. The smallest absolute Gasteiger partial charge is 0.217 e. The summed E-state index contributed by atoms with van der Waals surface area (Å²) in [7, 11) is 0. The van der Waals surface area contributed by atoms with E-state index in [1.807, 2.05) is 31.2 Å². The van der Waals surface area contributed by atoms with Crippen molar-refractivity contribution >= 4 is 34.2 Å². The normalized spacial score (nSPS) is 13.4. The zero-order valence-corrected chi connectivity index (χ0v) is 13.2. The van der Waals surface area contributed by atoms with Crippen LogP contribution in [0.4, 0.5) is 0 Å². The van der Waals surface area contributed by atoms with Crippen molar-refractivity contribution in [3.63, 3.8) is 0 Å². The lowest BCUT2D eigenvalue weighted by molar-refractivity contribution is -0.118. The first-order chi connectivity index (χ1) is 8.49. The number of carbonyl (C=O) groups is 1. The van der Waals surface area contributed by atoms with E-state index in [9.17, 15) is 4.79 Å². The third-order valence-corrected chi connectivity index (χ3v) is 3.28. The molecule has 19 heavy (non-hydrogen) atoms. The molecule has 108 valence electrons. The van der Waals surface area contributed by atoms with E-state index >= 15 is 0 Å². The van der Waals surface area contributed by atoms with Gasteiger partial charge in [-0.3, -0.25) is 4.79 Å². The Balaban J connectivity index is 0.00000324. The van der Waals surface area contributed by atoms with Crippen LogP contribution in [0.5, 0.6) is 0 Å². The number of rotatable bonds is 7. The first kappa shape index (κ1) is 18.4. The molecule has 1 aromatic rings. The minimum Gasteiger partial charge on any atom is -0.372 e. The van der Waals surface area contributed by atoms with Gasteiger partial charge < -0.3 is 16.2 Å². The summed E-state index contributed by atoms with van der Waals surface area (Å²) in [5, 5.41) is 0. The van der Waals surface area contributed by atoms with E-state index in [4.69, 9.17) is 16.2 Å².